The lowest BCUT2D eigenvalue weighted by molar-refractivity contribution is -0.146. The van der Waals surface area contributed by atoms with Crippen molar-refractivity contribution < 1.29 is 23.1 Å². The van der Waals surface area contributed by atoms with Gasteiger partial charge in [0.1, 0.15) is 18.2 Å². The number of anilines is 1. The minimum Gasteiger partial charge on any atom is -0.370 e. The van der Waals surface area contributed by atoms with Crippen LogP contribution in [0.25, 0.3) is 5.69 Å². The highest BCUT2D eigenvalue weighted by molar-refractivity contribution is 5.92. The van der Waals surface area contributed by atoms with Crippen LogP contribution in [0, 0.1) is 17.6 Å². The third kappa shape index (κ3) is 4.45. The van der Waals surface area contributed by atoms with Gasteiger partial charge < -0.3 is 15.0 Å². The molecule has 7 nitrogen and oxygen atoms in total. The molecule has 0 spiro atoms. The highest BCUT2D eigenvalue weighted by Gasteiger charge is 2.32. The number of hydrogen-bond acceptors (Lipinski definition) is 4. The molecule has 2 amide bonds. The molecule has 0 atom stereocenters. The summed E-state index contributed by atoms with van der Waals surface area (Å²) in [7, 11) is 0. The van der Waals surface area contributed by atoms with Crippen molar-refractivity contribution in [1.29, 1.82) is 0 Å². The molecule has 154 valence electrons. The van der Waals surface area contributed by atoms with Crippen LogP contribution in [0.4, 0.5) is 14.5 Å². The second kappa shape index (κ2) is 8.28. The van der Waals surface area contributed by atoms with Crippen molar-refractivity contribution in [2.75, 3.05) is 25.1 Å². The van der Waals surface area contributed by atoms with Gasteiger partial charge in [0.15, 0.2) is 0 Å². The Balaban J connectivity index is 1.33. The normalized spacial score (nSPS) is 22.6. The van der Waals surface area contributed by atoms with Gasteiger partial charge in [0.25, 0.3) is 0 Å². The predicted octanol–water partition coefficient (Wildman–Crippen LogP) is 2.51. The zero-order valence-corrected chi connectivity index (χ0v) is 15.8. The number of amides is 2. The summed E-state index contributed by atoms with van der Waals surface area (Å²) in [6.45, 7) is 1.31. The molecular formula is C20H22F2N4O3. The van der Waals surface area contributed by atoms with Crippen LogP contribution in [0.2, 0.25) is 0 Å². The summed E-state index contributed by atoms with van der Waals surface area (Å²) in [5.41, 5.74) is 0.698. The van der Waals surface area contributed by atoms with E-state index in [1.54, 1.807) is 0 Å². The van der Waals surface area contributed by atoms with E-state index in [1.165, 1.54) is 17.1 Å². The highest BCUT2D eigenvalue weighted by atomic mass is 19.1. The lowest BCUT2D eigenvalue weighted by Crippen LogP contribution is -2.49. The van der Waals surface area contributed by atoms with E-state index in [0.717, 1.165) is 31.0 Å². The van der Waals surface area contributed by atoms with Crippen LogP contribution in [0.3, 0.4) is 0 Å². The molecular weight excluding hydrogens is 382 g/mol. The molecule has 9 heteroatoms. The van der Waals surface area contributed by atoms with E-state index in [-0.39, 0.29) is 36.1 Å². The smallest absolute Gasteiger partial charge is 0.248 e. The van der Waals surface area contributed by atoms with Crippen LogP contribution in [0.1, 0.15) is 25.7 Å². The molecule has 4 rings (SSSR count). The molecule has 0 unspecified atom stereocenters. The number of nitrogens with zero attached hydrogens (tertiary/aromatic N) is 3. The fourth-order valence-corrected chi connectivity index (χ4v) is 4.01. The van der Waals surface area contributed by atoms with Crippen LogP contribution >= 0.6 is 0 Å². The maximum atomic E-state index is 13.4. The summed E-state index contributed by atoms with van der Waals surface area (Å²) in [5.74, 6) is -1.63. The predicted molar refractivity (Wildman–Crippen MR) is 100 cm³/mol. The van der Waals surface area contributed by atoms with E-state index in [2.05, 4.69) is 10.4 Å². The number of ether oxygens (including phenoxy) is 1. The molecule has 2 heterocycles. The first-order valence-electron chi connectivity index (χ1n) is 9.69. The molecule has 1 aromatic carbocycles. The maximum absolute atomic E-state index is 13.4. The number of nitrogens with one attached hydrogen (secondary N) is 1. The molecule has 1 aliphatic carbocycles. The van der Waals surface area contributed by atoms with Crippen molar-refractivity contribution in [2.24, 2.45) is 5.92 Å². The molecule has 0 bridgehead atoms. The average molecular weight is 404 g/mol. The topological polar surface area (TPSA) is 76.5 Å². The molecule has 2 aromatic rings. The third-order valence-corrected chi connectivity index (χ3v) is 5.49. The van der Waals surface area contributed by atoms with Crippen LogP contribution in [-0.2, 0) is 14.3 Å². The number of carbonyl (C=O) groups is 2. The highest BCUT2D eigenvalue weighted by Crippen LogP contribution is 2.29. The van der Waals surface area contributed by atoms with Crippen LogP contribution in [-0.4, -0.2) is 52.3 Å². The minimum atomic E-state index is -0.698. The number of rotatable bonds is 4. The van der Waals surface area contributed by atoms with Gasteiger partial charge in [-0.25, -0.2) is 13.5 Å². The van der Waals surface area contributed by atoms with Crippen molar-refractivity contribution in [2.45, 2.75) is 31.7 Å². The van der Waals surface area contributed by atoms with E-state index in [9.17, 15) is 18.4 Å². The SMILES string of the molecule is O=C1COCCN1[C@H]1CC[C@H](C(=O)Nc2cnn(-c3cc(F)cc(F)c3)c2)CC1. The standard InChI is InChI=1S/C20H22F2N4O3/c21-14-7-15(22)9-18(8-14)26-11-16(10-23-26)24-20(28)13-1-3-17(4-2-13)25-5-6-29-12-19(25)27/h7-11,13,17H,1-6,12H2,(H,24,28)/t13-,17-. The fraction of sp³-hybridized carbons (Fsp3) is 0.450. The lowest BCUT2D eigenvalue weighted by atomic mass is 9.84. The average Bonchev–Trinajstić information content (AvgIpc) is 3.16. The second-order valence-electron chi connectivity index (χ2n) is 7.44. The lowest BCUT2D eigenvalue weighted by Gasteiger charge is -2.38. The van der Waals surface area contributed by atoms with Gasteiger partial charge >= 0.3 is 0 Å². The van der Waals surface area contributed by atoms with Gasteiger partial charge in [-0.15, -0.1) is 0 Å². The number of halogens is 2. The summed E-state index contributed by atoms with van der Waals surface area (Å²) >= 11 is 0. The number of aromatic nitrogens is 2. The van der Waals surface area contributed by atoms with Crippen molar-refractivity contribution in [3.05, 3.63) is 42.2 Å². The quantitative estimate of drug-likeness (QED) is 0.850. The minimum absolute atomic E-state index is 0.0188. The van der Waals surface area contributed by atoms with Gasteiger partial charge in [-0.05, 0) is 37.8 Å². The molecule has 1 saturated carbocycles. The largest absolute Gasteiger partial charge is 0.370 e. The number of hydrogen-bond donors (Lipinski definition) is 1. The monoisotopic (exact) mass is 404 g/mol. The number of carbonyl (C=O) groups excluding carboxylic acids is 2. The Kier molecular flexibility index (Phi) is 5.57. The number of morpholine rings is 1. The molecule has 2 aliphatic rings. The van der Waals surface area contributed by atoms with E-state index >= 15 is 0 Å². The zero-order chi connectivity index (χ0) is 20.4. The molecule has 1 saturated heterocycles. The number of benzene rings is 1. The first-order chi connectivity index (χ1) is 14.0. The van der Waals surface area contributed by atoms with E-state index in [1.807, 2.05) is 4.90 Å². The van der Waals surface area contributed by atoms with Gasteiger partial charge in [0.05, 0.1) is 30.4 Å². The molecule has 1 N–H and O–H groups in total. The Labute approximate surface area is 166 Å². The van der Waals surface area contributed by atoms with Crippen molar-refractivity contribution in [1.82, 2.24) is 14.7 Å². The van der Waals surface area contributed by atoms with Gasteiger partial charge in [-0.2, -0.15) is 5.10 Å². The second-order valence-corrected chi connectivity index (χ2v) is 7.44. The molecule has 2 fully saturated rings. The maximum Gasteiger partial charge on any atom is 0.248 e. The van der Waals surface area contributed by atoms with Gasteiger partial charge in [0, 0.05) is 24.6 Å². The zero-order valence-electron chi connectivity index (χ0n) is 15.8. The summed E-state index contributed by atoms with van der Waals surface area (Å²) in [5, 5.41) is 6.88. The molecule has 0 radical (unpaired) electrons. The van der Waals surface area contributed by atoms with E-state index < -0.39 is 11.6 Å². The Morgan fingerprint density at radius 3 is 2.55 bits per heavy atom. The Hall–Kier alpha value is -2.81. The van der Waals surface area contributed by atoms with Gasteiger partial charge in [0.2, 0.25) is 11.8 Å². The summed E-state index contributed by atoms with van der Waals surface area (Å²) in [4.78, 5) is 26.5. The molecule has 1 aromatic heterocycles. The van der Waals surface area contributed by atoms with Gasteiger partial charge in [-0.1, -0.05) is 0 Å². The fourth-order valence-electron chi connectivity index (χ4n) is 4.01. The van der Waals surface area contributed by atoms with E-state index in [0.29, 0.717) is 31.7 Å². The van der Waals surface area contributed by atoms with E-state index in [4.69, 9.17) is 4.74 Å². The molecule has 1 aliphatic heterocycles. The first kappa shape index (κ1) is 19.5. The first-order valence-corrected chi connectivity index (χ1v) is 9.69. The summed E-state index contributed by atoms with van der Waals surface area (Å²) < 4.78 is 33.2. The Morgan fingerprint density at radius 1 is 1.14 bits per heavy atom. The Bertz CT molecular complexity index is 889. The van der Waals surface area contributed by atoms with Crippen LogP contribution < -0.4 is 5.32 Å². The third-order valence-electron chi connectivity index (χ3n) is 5.49. The Morgan fingerprint density at radius 2 is 1.86 bits per heavy atom. The van der Waals surface area contributed by atoms with Crippen molar-refractivity contribution in [3.8, 4) is 5.69 Å². The molecule has 29 heavy (non-hydrogen) atoms. The van der Waals surface area contributed by atoms with Crippen molar-refractivity contribution in [3.63, 3.8) is 0 Å². The van der Waals surface area contributed by atoms with Crippen molar-refractivity contribution >= 4 is 17.5 Å². The van der Waals surface area contributed by atoms with Crippen LogP contribution in [0.5, 0.6) is 0 Å². The summed E-state index contributed by atoms with van der Waals surface area (Å²) in [6, 6.07) is 3.28. The van der Waals surface area contributed by atoms with Gasteiger partial charge in [-0.3, -0.25) is 9.59 Å². The summed E-state index contributed by atoms with van der Waals surface area (Å²) in [6.07, 6.45) is 5.93. The van der Waals surface area contributed by atoms with Crippen LogP contribution in [0.15, 0.2) is 30.6 Å².